The first-order valence-electron chi connectivity index (χ1n) is 18.0. The monoisotopic (exact) mass is 675 g/mol. The van der Waals surface area contributed by atoms with Crippen molar-refractivity contribution in [2.24, 2.45) is 9.98 Å². The largest absolute Gasteiger partial charge is 0.354 e. The summed E-state index contributed by atoms with van der Waals surface area (Å²) in [7, 11) is 0. The number of aromatic amines is 1. The van der Waals surface area contributed by atoms with Crippen molar-refractivity contribution in [1.82, 2.24) is 4.98 Å². The maximum absolute atomic E-state index is 5.49. The first kappa shape index (κ1) is 30.7. The molecule has 5 aromatic rings. The van der Waals surface area contributed by atoms with E-state index in [2.05, 4.69) is 199 Å². The van der Waals surface area contributed by atoms with Crippen molar-refractivity contribution < 1.29 is 0 Å². The first-order chi connectivity index (χ1) is 26.3. The van der Waals surface area contributed by atoms with Gasteiger partial charge in [0.1, 0.15) is 0 Å². The molecule has 4 heterocycles. The number of allylic oxidation sites excluding steroid dienone is 4. The Labute approximate surface area is 308 Å². The van der Waals surface area contributed by atoms with Crippen molar-refractivity contribution in [3.8, 4) is 11.1 Å². The molecule has 8 bridgehead atoms. The molecule has 3 heteroatoms. The Balaban J connectivity index is 1.39. The standard InChI is InChI=1S/C50H33N3/c1-6-16-33(17-7-1)47-39-32-40(38-25-15-5-14-24-37(38)39)48(34-18-8-2-9-19-34)42-27-29-44(52-42)50(36-22-12-4-13-23-36)46-31-30-45(53-46)49(35-20-10-3-11-21-35)43-28-26-41(47)51-43/h1-32,53H. The summed E-state index contributed by atoms with van der Waals surface area (Å²) in [6, 6.07) is 60.0. The Kier molecular flexibility index (Phi) is 7.47. The number of aliphatic imine (C=N–C) groups is 2. The van der Waals surface area contributed by atoms with Crippen LogP contribution in [0.4, 0.5) is 0 Å². The highest BCUT2D eigenvalue weighted by molar-refractivity contribution is 6.31. The number of rotatable bonds is 4. The lowest BCUT2D eigenvalue weighted by Crippen LogP contribution is -2.21. The summed E-state index contributed by atoms with van der Waals surface area (Å²) >= 11 is 0. The molecular formula is C50H33N3. The molecule has 4 aromatic carbocycles. The number of hydrogen-bond donors (Lipinski definition) is 1. The smallest absolute Gasteiger partial charge is 0.0737 e. The molecule has 1 aromatic heterocycles. The number of hydrogen-bond acceptors (Lipinski definition) is 2. The van der Waals surface area contributed by atoms with Crippen molar-refractivity contribution in [3.05, 3.63) is 250 Å². The lowest BCUT2D eigenvalue weighted by molar-refractivity contribution is 1.25. The molecule has 10 rings (SSSR count). The summed E-state index contributed by atoms with van der Waals surface area (Å²) < 4.78 is 0. The molecule has 3 aliphatic heterocycles. The zero-order chi connectivity index (χ0) is 35.1. The molecule has 0 amide bonds. The molecule has 2 aliphatic carbocycles. The maximum Gasteiger partial charge on any atom is 0.0737 e. The fourth-order valence-electron chi connectivity index (χ4n) is 7.88. The molecule has 0 atom stereocenters. The van der Waals surface area contributed by atoms with Crippen molar-refractivity contribution in [3.63, 3.8) is 0 Å². The van der Waals surface area contributed by atoms with Crippen LogP contribution in [-0.2, 0) is 0 Å². The van der Waals surface area contributed by atoms with E-state index in [9.17, 15) is 0 Å². The predicted molar refractivity (Wildman–Crippen MR) is 219 cm³/mol. The van der Waals surface area contributed by atoms with Crippen molar-refractivity contribution in [1.29, 1.82) is 0 Å². The van der Waals surface area contributed by atoms with E-state index in [1.807, 2.05) is 0 Å². The van der Waals surface area contributed by atoms with Crippen LogP contribution in [0.15, 0.2) is 216 Å². The Morgan fingerprint density at radius 3 is 1.02 bits per heavy atom. The van der Waals surface area contributed by atoms with Gasteiger partial charge in [-0.1, -0.05) is 152 Å². The van der Waals surface area contributed by atoms with Crippen molar-refractivity contribution in [2.45, 2.75) is 0 Å². The van der Waals surface area contributed by atoms with E-state index in [4.69, 9.17) is 9.98 Å². The fourth-order valence-corrected chi connectivity index (χ4v) is 7.88. The Bertz CT molecular complexity index is 2640. The Morgan fingerprint density at radius 2 is 0.642 bits per heavy atom. The predicted octanol–water partition coefficient (Wildman–Crippen LogP) is 9.77. The SMILES string of the molecule is C1=CC2=C(c3ccccc3)c3cc(c4cccccc3-4)C(c3ccccc3)=C3C=CC(=N3)C(c3ccccc3)=c3ccc([nH]3)=C(c3ccccc3)C1=N2. The summed E-state index contributed by atoms with van der Waals surface area (Å²) in [4.78, 5) is 14.8. The van der Waals surface area contributed by atoms with Gasteiger partial charge < -0.3 is 4.98 Å². The number of nitrogens with zero attached hydrogens (tertiary/aromatic N) is 2. The second-order valence-electron chi connectivity index (χ2n) is 13.4. The summed E-state index contributed by atoms with van der Waals surface area (Å²) in [6.07, 6.45) is 8.69. The lowest BCUT2D eigenvalue weighted by Gasteiger charge is -2.11. The highest BCUT2D eigenvalue weighted by Gasteiger charge is 2.27. The molecule has 1 N–H and O–H groups in total. The highest BCUT2D eigenvalue weighted by Crippen LogP contribution is 2.46. The van der Waals surface area contributed by atoms with E-state index in [1.54, 1.807) is 0 Å². The van der Waals surface area contributed by atoms with Crippen LogP contribution in [0.1, 0.15) is 33.4 Å². The van der Waals surface area contributed by atoms with Gasteiger partial charge in [-0.05, 0) is 87.0 Å². The van der Waals surface area contributed by atoms with Crippen LogP contribution in [-0.4, -0.2) is 16.4 Å². The normalized spacial score (nSPS) is 15.0. The molecule has 0 unspecified atom stereocenters. The summed E-state index contributed by atoms with van der Waals surface area (Å²) in [5, 5.41) is 1.99. The van der Waals surface area contributed by atoms with Crippen molar-refractivity contribution in [2.75, 3.05) is 0 Å². The van der Waals surface area contributed by atoms with E-state index in [0.29, 0.717) is 0 Å². The van der Waals surface area contributed by atoms with Crippen LogP contribution in [0.3, 0.4) is 0 Å². The molecule has 0 radical (unpaired) electrons. The minimum Gasteiger partial charge on any atom is -0.354 e. The minimum atomic E-state index is 0.910. The third-order valence-electron chi connectivity index (χ3n) is 10.2. The average Bonchev–Trinajstić information content (AvgIpc) is 4.02. The second kappa shape index (κ2) is 12.9. The number of nitrogens with one attached hydrogen (secondary N) is 1. The van der Waals surface area contributed by atoms with E-state index < -0.39 is 0 Å². The molecule has 0 fully saturated rings. The summed E-state index contributed by atoms with van der Waals surface area (Å²) in [5.41, 5.74) is 17.0. The molecular weight excluding hydrogens is 643 g/mol. The maximum atomic E-state index is 5.49. The van der Waals surface area contributed by atoms with Gasteiger partial charge in [-0.2, -0.15) is 0 Å². The summed E-state index contributed by atoms with van der Waals surface area (Å²) in [5.74, 6) is 0. The van der Waals surface area contributed by atoms with E-state index in [-0.39, 0.29) is 0 Å². The minimum absolute atomic E-state index is 0.910. The van der Waals surface area contributed by atoms with Gasteiger partial charge in [-0.15, -0.1) is 0 Å². The number of benzene rings is 4. The quantitative estimate of drug-likeness (QED) is 0.193. The van der Waals surface area contributed by atoms with Crippen LogP contribution < -0.4 is 10.7 Å². The van der Waals surface area contributed by atoms with Crippen LogP contribution in [0.2, 0.25) is 0 Å². The molecule has 5 aliphatic rings. The Hall–Kier alpha value is -7.10. The van der Waals surface area contributed by atoms with Gasteiger partial charge in [-0.25, -0.2) is 9.98 Å². The zero-order valence-electron chi connectivity index (χ0n) is 28.9. The van der Waals surface area contributed by atoms with E-state index >= 15 is 0 Å². The molecule has 53 heavy (non-hydrogen) atoms. The third-order valence-corrected chi connectivity index (χ3v) is 10.2. The summed E-state index contributed by atoms with van der Waals surface area (Å²) in [6.45, 7) is 0. The zero-order valence-corrected chi connectivity index (χ0v) is 28.9. The highest BCUT2D eigenvalue weighted by atomic mass is 14.8. The van der Waals surface area contributed by atoms with Crippen LogP contribution in [0, 0.1) is 0 Å². The topological polar surface area (TPSA) is 40.5 Å². The molecule has 3 nitrogen and oxygen atoms in total. The van der Waals surface area contributed by atoms with Gasteiger partial charge >= 0.3 is 0 Å². The van der Waals surface area contributed by atoms with E-state index in [0.717, 1.165) is 100 Å². The third kappa shape index (κ3) is 5.38. The Morgan fingerprint density at radius 1 is 0.302 bits per heavy atom. The lowest BCUT2D eigenvalue weighted by atomic mass is 9.93. The number of H-pyrrole nitrogens is 1. The molecule has 0 saturated heterocycles. The second-order valence-corrected chi connectivity index (χ2v) is 13.4. The van der Waals surface area contributed by atoms with Gasteiger partial charge in [0.05, 0.1) is 22.8 Å². The van der Waals surface area contributed by atoms with Crippen LogP contribution in [0.5, 0.6) is 0 Å². The number of fused-ring (bicyclic) bond motifs is 9. The molecule has 0 spiro atoms. The molecule has 248 valence electrons. The van der Waals surface area contributed by atoms with E-state index in [1.165, 1.54) is 0 Å². The van der Waals surface area contributed by atoms with Gasteiger partial charge in [-0.3, -0.25) is 0 Å². The van der Waals surface area contributed by atoms with Gasteiger partial charge in [0.2, 0.25) is 0 Å². The number of aromatic nitrogens is 1. The average molecular weight is 676 g/mol. The van der Waals surface area contributed by atoms with Crippen molar-refractivity contribution >= 4 is 33.7 Å². The van der Waals surface area contributed by atoms with Crippen LogP contribution >= 0.6 is 0 Å². The molecule has 0 saturated carbocycles. The fraction of sp³-hybridized carbons (Fsp3) is 0. The van der Waals surface area contributed by atoms with Gasteiger partial charge in [0, 0.05) is 33.0 Å². The first-order valence-corrected chi connectivity index (χ1v) is 18.0. The van der Waals surface area contributed by atoms with Gasteiger partial charge in [0.25, 0.3) is 0 Å². The van der Waals surface area contributed by atoms with Gasteiger partial charge in [0.15, 0.2) is 0 Å². The van der Waals surface area contributed by atoms with Crippen LogP contribution in [0.25, 0.3) is 33.4 Å².